The van der Waals surface area contributed by atoms with Crippen LogP contribution in [-0.4, -0.2) is 40.8 Å². The number of nitrogens with zero attached hydrogens (tertiary/aromatic N) is 3. The Hall–Kier alpha value is -5.97. The highest BCUT2D eigenvalue weighted by atomic mass is 16.5. The molecule has 0 aliphatic heterocycles. The summed E-state index contributed by atoms with van der Waals surface area (Å²) in [6, 6.07) is 15.0. The van der Waals surface area contributed by atoms with Crippen LogP contribution in [0.1, 0.15) is 11.1 Å². The van der Waals surface area contributed by atoms with Crippen LogP contribution < -0.4 is 9.47 Å². The number of hydrogen-bond acceptors (Lipinski definition) is 11. The third-order valence-electron chi connectivity index (χ3n) is 5.29. The Morgan fingerprint density at radius 3 is 1.45 bits per heavy atom. The van der Waals surface area contributed by atoms with Gasteiger partial charge in [-0.3, -0.25) is 29.1 Å². The normalized spacial score (nSPS) is 10.7. The van der Waals surface area contributed by atoms with Crippen LogP contribution >= 0.6 is 0 Å². The summed E-state index contributed by atoms with van der Waals surface area (Å²) in [5, 5.41) is 0. The van der Waals surface area contributed by atoms with Crippen LogP contribution in [0.4, 0.5) is 0 Å². The number of benzene rings is 1. The molecule has 3 aromatic heterocycles. The van der Waals surface area contributed by atoms with Gasteiger partial charge < -0.3 is 18.9 Å². The van der Waals surface area contributed by atoms with Crippen molar-refractivity contribution in [2.45, 2.75) is 0 Å². The van der Waals surface area contributed by atoms with E-state index in [-0.39, 0.29) is 24.4 Å². The minimum Gasteiger partial charge on any atom is -0.437 e. The molecule has 0 unspecified atom stereocenters. The Balaban J connectivity index is 1.88. The van der Waals surface area contributed by atoms with Crippen LogP contribution in [0.3, 0.4) is 0 Å². The molecule has 11 heteroatoms. The molecule has 0 N–H and O–H groups in total. The number of carbonyl (C=O) groups is 4. The van der Waals surface area contributed by atoms with E-state index in [4.69, 9.17) is 14.5 Å². The molecule has 4 aromatic rings. The lowest BCUT2D eigenvalue weighted by molar-refractivity contribution is -0.124. The quantitative estimate of drug-likeness (QED) is 0.178. The lowest BCUT2D eigenvalue weighted by Gasteiger charge is -2.12. The van der Waals surface area contributed by atoms with Crippen molar-refractivity contribution in [3.05, 3.63) is 90.6 Å². The second kappa shape index (κ2) is 13.5. The van der Waals surface area contributed by atoms with Crippen LogP contribution in [0.15, 0.2) is 79.5 Å². The van der Waals surface area contributed by atoms with Crippen LogP contribution in [0, 0.1) is 0 Å². The SMILES string of the molecule is O=CO/C=C/c1ccnc(-c2cc(-c3cc(OC=O)cc(OC=O)c3)cc(-c3cc(/C=C/OC=O)ccn3)n2)c1. The van der Waals surface area contributed by atoms with Crippen molar-refractivity contribution in [1.82, 2.24) is 15.0 Å². The van der Waals surface area contributed by atoms with E-state index < -0.39 is 0 Å². The van der Waals surface area contributed by atoms with E-state index in [0.717, 1.165) is 0 Å². The maximum atomic E-state index is 11.0. The summed E-state index contributed by atoms with van der Waals surface area (Å²) in [4.78, 5) is 56.6. The maximum absolute atomic E-state index is 11.0. The van der Waals surface area contributed by atoms with Crippen LogP contribution in [0.5, 0.6) is 11.5 Å². The molecule has 1 aromatic carbocycles. The number of aromatic nitrogens is 3. The zero-order valence-electron chi connectivity index (χ0n) is 20.6. The van der Waals surface area contributed by atoms with Gasteiger partial charge in [0.05, 0.1) is 35.3 Å². The molecule has 0 atom stereocenters. The van der Waals surface area contributed by atoms with Gasteiger partial charge in [-0.1, -0.05) is 0 Å². The van der Waals surface area contributed by atoms with Crippen molar-refractivity contribution in [2.75, 3.05) is 0 Å². The second-order valence-electron chi connectivity index (χ2n) is 7.77. The molecule has 11 nitrogen and oxygen atoms in total. The smallest absolute Gasteiger partial charge is 0.298 e. The van der Waals surface area contributed by atoms with Crippen molar-refractivity contribution in [3.63, 3.8) is 0 Å². The average Bonchev–Trinajstić information content (AvgIpc) is 2.98. The topological polar surface area (TPSA) is 144 Å². The molecule has 0 saturated heterocycles. The standard InChI is InChI=1S/C29H19N3O8/c33-16-37-7-3-20-1-5-30-26(9-20)28-13-23(22-11-24(39-18-35)15-25(12-22)40-19-36)14-29(32-28)27-10-21(2-6-31-27)4-8-38-17-34/h1-19H/b7-3+,8-4+. The fourth-order valence-electron chi connectivity index (χ4n) is 3.63. The fraction of sp³-hybridized carbons (Fsp3) is 0. The Kier molecular flexibility index (Phi) is 9.16. The molecular formula is C29H19N3O8. The monoisotopic (exact) mass is 537 g/mol. The third kappa shape index (κ3) is 7.07. The Labute approximate surface area is 227 Å². The number of hydrogen-bond donors (Lipinski definition) is 0. The molecule has 0 fully saturated rings. The summed E-state index contributed by atoms with van der Waals surface area (Å²) in [6.45, 7) is 1.15. The molecule has 0 aliphatic rings. The molecule has 198 valence electrons. The van der Waals surface area contributed by atoms with Crippen molar-refractivity contribution < 1.29 is 38.1 Å². The molecular weight excluding hydrogens is 518 g/mol. The van der Waals surface area contributed by atoms with Crippen molar-refractivity contribution in [1.29, 1.82) is 0 Å². The first-order valence-electron chi connectivity index (χ1n) is 11.5. The average molecular weight is 537 g/mol. The Morgan fingerprint density at radius 1 is 0.525 bits per heavy atom. The van der Waals surface area contributed by atoms with Gasteiger partial charge >= 0.3 is 0 Å². The molecule has 0 spiro atoms. The van der Waals surface area contributed by atoms with Gasteiger partial charge in [0.25, 0.3) is 25.9 Å². The summed E-state index contributed by atoms with van der Waals surface area (Å²) in [6.07, 6.45) is 8.82. The van der Waals surface area contributed by atoms with Crippen LogP contribution in [0.25, 0.3) is 46.1 Å². The summed E-state index contributed by atoms with van der Waals surface area (Å²) in [7, 11) is 0. The van der Waals surface area contributed by atoms with E-state index in [2.05, 4.69) is 19.4 Å². The number of rotatable bonds is 13. The van der Waals surface area contributed by atoms with Gasteiger partial charge in [-0.2, -0.15) is 0 Å². The minimum absolute atomic E-state index is 0.158. The first kappa shape index (κ1) is 27.1. The Bertz CT molecular complexity index is 1490. The lowest BCUT2D eigenvalue weighted by Crippen LogP contribution is -1.96. The van der Waals surface area contributed by atoms with Crippen molar-refractivity contribution in [3.8, 4) is 45.4 Å². The lowest BCUT2D eigenvalue weighted by atomic mass is 10.0. The first-order chi connectivity index (χ1) is 19.6. The highest BCUT2D eigenvalue weighted by Crippen LogP contribution is 2.34. The van der Waals surface area contributed by atoms with Crippen LogP contribution in [-0.2, 0) is 28.7 Å². The summed E-state index contributed by atoms with van der Waals surface area (Å²) >= 11 is 0. The molecule has 0 radical (unpaired) electrons. The van der Waals surface area contributed by atoms with E-state index in [1.807, 2.05) is 0 Å². The minimum atomic E-state index is 0.158. The molecule has 3 heterocycles. The van der Waals surface area contributed by atoms with E-state index in [1.54, 1.807) is 73.1 Å². The molecule has 0 amide bonds. The van der Waals surface area contributed by atoms with Gasteiger partial charge in [-0.05, 0) is 82.9 Å². The van der Waals surface area contributed by atoms with Crippen LogP contribution in [0.2, 0.25) is 0 Å². The zero-order chi connectivity index (χ0) is 28.2. The molecule has 40 heavy (non-hydrogen) atoms. The second-order valence-corrected chi connectivity index (χ2v) is 7.77. The predicted molar refractivity (Wildman–Crippen MR) is 142 cm³/mol. The van der Waals surface area contributed by atoms with Gasteiger partial charge in [-0.15, -0.1) is 0 Å². The van der Waals surface area contributed by atoms with Gasteiger partial charge in [0.1, 0.15) is 11.5 Å². The first-order valence-corrected chi connectivity index (χ1v) is 11.5. The van der Waals surface area contributed by atoms with Gasteiger partial charge in [0.15, 0.2) is 0 Å². The zero-order valence-corrected chi connectivity index (χ0v) is 20.6. The third-order valence-corrected chi connectivity index (χ3v) is 5.29. The van der Waals surface area contributed by atoms with Gasteiger partial charge in [0, 0.05) is 18.5 Å². The number of ether oxygens (including phenoxy) is 4. The molecule has 0 aliphatic carbocycles. The Morgan fingerprint density at radius 2 is 1.00 bits per heavy atom. The fourth-order valence-corrected chi connectivity index (χ4v) is 3.63. The largest absolute Gasteiger partial charge is 0.437 e. The predicted octanol–water partition coefficient (Wildman–Crippen LogP) is 4.23. The van der Waals surface area contributed by atoms with Gasteiger partial charge in [0.2, 0.25) is 0 Å². The van der Waals surface area contributed by atoms with E-state index in [0.29, 0.717) is 58.0 Å². The van der Waals surface area contributed by atoms with E-state index >= 15 is 0 Å². The molecule has 0 saturated carbocycles. The summed E-state index contributed by atoms with van der Waals surface area (Å²) < 4.78 is 19.3. The van der Waals surface area contributed by atoms with Gasteiger partial charge in [-0.25, -0.2) is 4.98 Å². The highest BCUT2D eigenvalue weighted by molar-refractivity contribution is 5.77. The number of pyridine rings is 3. The highest BCUT2D eigenvalue weighted by Gasteiger charge is 2.13. The van der Waals surface area contributed by atoms with E-state index in [1.165, 1.54) is 18.6 Å². The molecule has 0 bridgehead atoms. The van der Waals surface area contributed by atoms with Crippen molar-refractivity contribution in [2.24, 2.45) is 0 Å². The summed E-state index contributed by atoms with van der Waals surface area (Å²) in [5.74, 6) is 0.315. The number of carbonyl (C=O) groups excluding carboxylic acids is 4. The van der Waals surface area contributed by atoms with Crippen molar-refractivity contribution >= 4 is 38.0 Å². The molecule has 4 rings (SSSR count). The maximum Gasteiger partial charge on any atom is 0.298 e. The summed E-state index contributed by atoms with van der Waals surface area (Å²) in [5.41, 5.74) is 4.48. The van der Waals surface area contributed by atoms with E-state index in [9.17, 15) is 19.2 Å².